The van der Waals surface area contributed by atoms with Gasteiger partial charge in [-0.05, 0) is 19.1 Å². The molecule has 0 saturated carbocycles. The van der Waals surface area contributed by atoms with Crippen LogP contribution in [0, 0.1) is 0 Å². The number of methoxy groups -OCH3 is 2. The number of nitrogens with zero attached hydrogens (tertiary/aromatic N) is 3. The third kappa shape index (κ3) is 4.69. The molecule has 0 unspecified atom stereocenters. The summed E-state index contributed by atoms with van der Waals surface area (Å²) in [5.41, 5.74) is 4.89. The van der Waals surface area contributed by atoms with Crippen LogP contribution in [-0.2, 0) is 27.9 Å². The number of pyridine rings is 1. The first kappa shape index (κ1) is 22.4. The van der Waals surface area contributed by atoms with Gasteiger partial charge >= 0.3 is 10.1 Å². The monoisotopic (exact) mass is 464 g/mol. The SMILES string of the molecule is COc1ccc(CN2NCc3c(OS(C)(=O)=O)cc(N4CCOC[C@H]4C)nc32)c(OC)c1. The molecular formula is C21H28N4O6S. The lowest BCUT2D eigenvalue weighted by molar-refractivity contribution is 0.0985. The van der Waals surface area contributed by atoms with Gasteiger partial charge in [0.05, 0.1) is 51.8 Å². The number of ether oxygens (including phenoxy) is 3. The predicted octanol–water partition coefficient (Wildman–Crippen LogP) is 1.69. The molecule has 2 aromatic rings. The van der Waals surface area contributed by atoms with Crippen LogP contribution in [0.25, 0.3) is 0 Å². The zero-order valence-electron chi connectivity index (χ0n) is 18.6. The van der Waals surface area contributed by atoms with E-state index in [1.807, 2.05) is 30.1 Å². The van der Waals surface area contributed by atoms with Crippen LogP contribution in [0.15, 0.2) is 24.3 Å². The van der Waals surface area contributed by atoms with Crippen molar-refractivity contribution in [1.29, 1.82) is 0 Å². The lowest BCUT2D eigenvalue weighted by atomic mass is 10.1. The van der Waals surface area contributed by atoms with Gasteiger partial charge < -0.3 is 23.3 Å². The molecule has 4 rings (SSSR count). The average molecular weight is 465 g/mol. The minimum Gasteiger partial charge on any atom is -0.497 e. The quantitative estimate of drug-likeness (QED) is 0.609. The zero-order valence-corrected chi connectivity index (χ0v) is 19.4. The molecule has 1 aromatic carbocycles. The van der Waals surface area contributed by atoms with Gasteiger partial charge in [0.2, 0.25) is 0 Å². The number of hydrazine groups is 1. The predicted molar refractivity (Wildman–Crippen MR) is 120 cm³/mol. The van der Waals surface area contributed by atoms with Crippen LogP contribution < -0.4 is 29.0 Å². The Bertz CT molecular complexity index is 1090. The van der Waals surface area contributed by atoms with Crippen LogP contribution in [0.3, 0.4) is 0 Å². The number of hydrogen-bond acceptors (Lipinski definition) is 10. The maximum absolute atomic E-state index is 11.9. The molecule has 0 amide bonds. The van der Waals surface area contributed by atoms with Crippen molar-refractivity contribution in [2.75, 3.05) is 50.1 Å². The molecule has 0 radical (unpaired) electrons. The highest BCUT2D eigenvalue weighted by Crippen LogP contribution is 2.38. The van der Waals surface area contributed by atoms with Crippen molar-refractivity contribution in [2.24, 2.45) is 0 Å². The van der Waals surface area contributed by atoms with E-state index < -0.39 is 10.1 Å². The standard InChI is InChI=1S/C21H28N4O6S/c1-14-13-30-8-7-24(14)20-10-19(31-32(4,26)27)17-11-22-25(21(17)23-20)12-15-5-6-16(28-2)9-18(15)29-3/h5-6,9-10,14,22H,7-8,11-13H2,1-4H3/t14-/m1/s1. The molecule has 32 heavy (non-hydrogen) atoms. The summed E-state index contributed by atoms with van der Waals surface area (Å²) >= 11 is 0. The molecule has 1 atom stereocenters. The maximum atomic E-state index is 11.9. The fraction of sp³-hybridized carbons (Fsp3) is 0.476. The molecule has 1 N–H and O–H groups in total. The normalized spacial score (nSPS) is 18.4. The van der Waals surface area contributed by atoms with Gasteiger partial charge in [0.15, 0.2) is 11.6 Å². The molecule has 174 valence electrons. The van der Waals surface area contributed by atoms with Gasteiger partial charge in [-0.15, -0.1) is 0 Å². The summed E-state index contributed by atoms with van der Waals surface area (Å²) in [6.45, 7) is 4.70. The molecular weight excluding hydrogens is 436 g/mol. The Morgan fingerprint density at radius 3 is 2.72 bits per heavy atom. The first-order valence-electron chi connectivity index (χ1n) is 10.3. The van der Waals surface area contributed by atoms with Crippen molar-refractivity contribution >= 4 is 21.8 Å². The van der Waals surface area contributed by atoms with E-state index in [2.05, 4.69) is 10.3 Å². The van der Waals surface area contributed by atoms with Gasteiger partial charge in [0.1, 0.15) is 17.3 Å². The summed E-state index contributed by atoms with van der Waals surface area (Å²) in [6, 6.07) is 7.42. The fourth-order valence-corrected chi connectivity index (χ4v) is 4.37. The number of anilines is 2. The van der Waals surface area contributed by atoms with Crippen LogP contribution in [-0.4, -0.2) is 59.7 Å². The molecule has 1 saturated heterocycles. The third-order valence-electron chi connectivity index (χ3n) is 5.48. The van der Waals surface area contributed by atoms with Crippen LogP contribution in [0.4, 0.5) is 11.6 Å². The number of hydrogen-bond donors (Lipinski definition) is 1. The molecule has 10 nitrogen and oxygen atoms in total. The molecule has 11 heteroatoms. The van der Waals surface area contributed by atoms with Crippen molar-refractivity contribution in [3.63, 3.8) is 0 Å². The first-order chi connectivity index (χ1) is 15.3. The Labute approximate surface area is 188 Å². The van der Waals surface area contributed by atoms with E-state index >= 15 is 0 Å². The van der Waals surface area contributed by atoms with Crippen molar-refractivity contribution in [2.45, 2.75) is 26.1 Å². The molecule has 0 aliphatic carbocycles. The third-order valence-corrected chi connectivity index (χ3v) is 5.96. The highest BCUT2D eigenvalue weighted by molar-refractivity contribution is 7.86. The Balaban J connectivity index is 1.72. The summed E-state index contributed by atoms with van der Waals surface area (Å²) < 4.78 is 45.6. The van der Waals surface area contributed by atoms with Crippen molar-refractivity contribution < 1.29 is 26.8 Å². The second-order valence-electron chi connectivity index (χ2n) is 7.78. The minimum absolute atomic E-state index is 0.102. The van der Waals surface area contributed by atoms with Crippen molar-refractivity contribution in [3.8, 4) is 17.2 Å². The van der Waals surface area contributed by atoms with Crippen LogP contribution in [0.2, 0.25) is 0 Å². The van der Waals surface area contributed by atoms with E-state index in [9.17, 15) is 8.42 Å². The van der Waals surface area contributed by atoms with E-state index in [-0.39, 0.29) is 11.8 Å². The summed E-state index contributed by atoms with van der Waals surface area (Å²) in [7, 11) is -0.491. The summed E-state index contributed by atoms with van der Waals surface area (Å²) in [5.74, 6) is 2.94. The molecule has 1 fully saturated rings. The van der Waals surface area contributed by atoms with Crippen molar-refractivity contribution in [3.05, 3.63) is 35.4 Å². The lowest BCUT2D eigenvalue weighted by Gasteiger charge is -2.35. The maximum Gasteiger partial charge on any atom is 0.306 e. The molecule has 2 aliphatic rings. The number of rotatable bonds is 7. The molecule has 2 aliphatic heterocycles. The second kappa shape index (κ2) is 9.00. The van der Waals surface area contributed by atoms with Gasteiger partial charge in [-0.1, -0.05) is 0 Å². The fourth-order valence-electron chi connectivity index (χ4n) is 3.90. The number of morpholine rings is 1. The number of fused-ring (bicyclic) bond motifs is 1. The largest absolute Gasteiger partial charge is 0.497 e. The second-order valence-corrected chi connectivity index (χ2v) is 9.36. The van der Waals surface area contributed by atoms with Crippen LogP contribution in [0.1, 0.15) is 18.1 Å². The van der Waals surface area contributed by atoms with Gasteiger partial charge in [-0.2, -0.15) is 8.42 Å². The summed E-state index contributed by atoms with van der Waals surface area (Å²) in [6.07, 6.45) is 1.04. The van der Waals surface area contributed by atoms with E-state index in [1.165, 1.54) is 0 Å². The Hall–Kier alpha value is -2.76. The molecule has 0 bridgehead atoms. The van der Waals surface area contributed by atoms with Gasteiger partial charge in [0.25, 0.3) is 0 Å². The highest BCUT2D eigenvalue weighted by Gasteiger charge is 2.30. The van der Waals surface area contributed by atoms with Crippen LogP contribution in [0.5, 0.6) is 17.2 Å². The van der Waals surface area contributed by atoms with E-state index in [0.717, 1.165) is 11.8 Å². The van der Waals surface area contributed by atoms with E-state index in [0.29, 0.717) is 61.5 Å². The highest BCUT2D eigenvalue weighted by atomic mass is 32.2. The summed E-state index contributed by atoms with van der Waals surface area (Å²) in [4.78, 5) is 6.98. The smallest absolute Gasteiger partial charge is 0.306 e. The Kier molecular flexibility index (Phi) is 6.31. The van der Waals surface area contributed by atoms with Crippen LogP contribution >= 0.6 is 0 Å². The number of aromatic nitrogens is 1. The molecule has 3 heterocycles. The Morgan fingerprint density at radius 2 is 2.03 bits per heavy atom. The van der Waals surface area contributed by atoms with Gasteiger partial charge in [-0.25, -0.2) is 10.4 Å². The minimum atomic E-state index is -3.71. The average Bonchev–Trinajstić information content (AvgIpc) is 3.16. The van der Waals surface area contributed by atoms with E-state index in [4.69, 9.17) is 23.4 Å². The number of nitrogens with one attached hydrogen (secondary N) is 1. The van der Waals surface area contributed by atoms with Gasteiger partial charge in [-0.3, -0.25) is 5.01 Å². The van der Waals surface area contributed by atoms with Gasteiger partial charge in [0, 0.05) is 30.8 Å². The topological polar surface area (TPSA) is 102 Å². The summed E-state index contributed by atoms with van der Waals surface area (Å²) in [5, 5.41) is 1.88. The molecule has 1 aromatic heterocycles. The van der Waals surface area contributed by atoms with E-state index in [1.54, 1.807) is 20.3 Å². The lowest BCUT2D eigenvalue weighted by Crippen LogP contribution is -2.44. The van der Waals surface area contributed by atoms with Crippen molar-refractivity contribution in [1.82, 2.24) is 10.4 Å². The zero-order chi connectivity index (χ0) is 22.9. The molecule has 0 spiro atoms. The first-order valence-corrected chi connectivity index (χ1v) is 12.1. The Morgan fingerprint density at radius 1 is 1.22 bits per heavy atom. The number of benzene rings is 1.